The van der Waals surface area contributed by atoms with Gasteiger partial charge in [-0.25, -0.2) is 0 Å². The van der Waals surface area contributed by atoms with Crippen LogP contribution >= 0.6 is 0 Å². The van der Waals surface area contributed by atoms with Crippen LogP contribution in [-0.4, -0.2) is 17.9 Å². The second-order valence-corrected chi connectivity index (χ2v) is 22.3. The van der Waals surface area contributed by atoms with Crippen LogP contribution in [0, 0.1) is 0 Å². The predicted octanol–water partition coefficient (Wildman–Crippen LogP) is 21.1. The summed E-state index contributed by atoms with van der Waals surface area (Å²) in [4.78, 5) is 5.11. The van der Waals surface area contributed by atoms with Crippen LogP contribution in [0.5, 0.6) is 0 Å². The van der Waals surface area contributed by atoms with Gasteiger partial charge in [-0.3, -0.25) is 0 Å². The van der Waals surface area contributed by atoms with Crippen molar-refractivity contribution in [2.24, 2.45) is 0 Å². The number of hydrogen-bond acceptors (Lipinski definition) is 2. The number of nitrogens with zero attached hydrogens (tertiary/aromatic N) is 6. The summed E-state index contributed by atoms with van der Waals surface area (Å²) in [6.45, 7) is 0. The Morgan fingerprint density at radius 2 is 0.488 bits per heavy atom. The number of rotatable bonds is 8. The third-order valence-electron chi connectivity index (χ3n) is 18.1. The van der Waals surface area contributed by atoms with Crippen molar-refractivity contribution < 1.29 is 0 Å². The molecule has 0 atom stereocenters. The monoisotopic (exact) mass is 1070 g/mol. The van der Waals surface area contributed by atoms with Gasteiger partial charge in [0.05, 0.1) is 66.5 Å². The van der Waals surface area contributed by atoms with Gasteiger partial charge in [0.25, 0.3) is 0 Å². The first-order chi connectivity index (χ1) is 41.8. The molecule has 6 heteroatoms. The molecule has 0 aliphatic rings. The summed E-state index contributed by atoms with van der Waals surface area (Å²) >= 11 is 0. The standard InChI is InChI=1S/C78H48N6/c1-7-25-49(26-8-1)79(50-27-9-2-10-28-50)75-69-61-41-23-39-59-68-66(48-46-58-56-38-20-22-44-64(56)82(74(58)68)54-35-17-6-18-36-54)84(71(59)61)78(69)76(80(51-29-11-3-12-30-51)52-31-13-4-14-32-52)70-62-42-24-40-60-67-65(83(72(60)62)77(70)75)47-45-57-55-37-19-21-43-63(55)81(73(57)67)53-33-15-5-16-34-53/h1-48H. The molecule has 0 amide bonds. The Morgan fingerprint density at radius 3 is 0.845 bits per heavy atom. The van der Waals surface area contributed by atoms with Gasteiger partial charge in [0.1, 0.15) is 0 Å². The highest BCUT2D eigenvalue weighted by Crippen LogP contribution is 2.59. The molecule has 0 spiro atoms. The number of aromatic nitrogens is 4. The van der Waals surface area contributed by atoms with E-state index in [9.17, 15) is 0 Å². The van der Waals surface area contributed by atoms with Crippen molar-refractivity contribution in [3.8, 4) is 11.4 Å². The zero-order chi connectivity index (χ0) is 54.7. The van der Waals surface area contributed by atoms with Crippen molar-refractivity contribution in [1.29, 1.82) is 0 Å². The molecule has 84 heavy (non-hydrogen) atoms. The summed E-state index contributed by atoms with van der Waals surface area (Å²) in [5, 5.41) is 14.5. The van der Waals surface area contributed by atoms with Crippen LogP contribution in [-0.2, 0) is 0 Å². The zero-order valence-electron chi connectivity index (χ0n) is 45.4. The molecule has 6 aromatic heterocycles. The Morgan fingerprint density at radius 1 is 0.190 bits per heavy atom. The molecule has 0 saturated heterocycles. The Bertz CT molecular complexity index is 5380. The van der Waals surface area contributed by atoms with E-state index in [-0.39, 0.29) is 0 Å². The SMILES string of the molecule is c1ccc(N(c2ccccc2)c2c3c4cccc5c6c7c(ccc6n(c3c(N(c3ccccc3)c3ccccc3)c3c6cccc8c9c%10c(ccc9n(c23)c68)c2ccccc2n%10-c2ccccc2)c45)c2ccccc2n7-c2ccccc2)cc1. The lowest BCUT2D eigenvalue weighted by atomic mass is 9.98. The van der Waals surface area contributed by atoms with Crippen LogP contribution in [0.25, 0.3) is 131 Å². The van der Waals surface area contributed by atoms with Gasteiger partial charge in [-0.1, -0.05) is 194 Å². The van der Waals surface area contributed by atoms with E-state index >= 15 is 0 Å². The molecule has 0 saturated carbocycles. The molecule has 0 unspecified atom stereocenters. The van der Waals surface area contributed by atoms with Crippen LogP contribution in [0.15, 0.2) is 291 Å². The van der Waals surface area contributed by atoms with Crippen molar-refractivity contribution in [1.82, 2.24) is 17.9 Å². The summed E-state index contributed by atoms with van der Waals surface area (Å²) in [5.74, 6) is 0. The van der Waals surface area contributed by atoms with Crippen LogP contribution in [0.2, 0.25) is 0 Å². The Kier molecular flexibility index (Phi) is 9.24. The van der Waals surface area contributed by atoms with Gasteiger partial charge in [0.15, 0.2) is 0 Å². The molecule has 0 aliphatic carbocycles. The molecule has 0 aliphatic heterocycles. The van der Waals surface area contributed by atoms with Gasteiger partial charge in [-0.2, -0.15) is 0 Å². The van der Waals surface area contributed by atoms with Crippen molar-refractivity contribution in [2.75, 3.05) is 9.80 Å². The molecule has 0 N–H and O–H groups in total. The number of para-hydroxylation sites is 10. The van der Waals surface area contributed by atoms with Gasteiger partial charge >= 0.3 is 0 Å². The summed E-state index contributed by atoms with van der Waals surface area (Å²) in [6.07, 6.45) is 0. The molecule has 0 bridgehead atoms. The quantitative estimate of drug-likeness (QED) is 0.142. The van der Waals surface area contributed by atoms with Gasteiger partial charge < -0.3 is 27.7 Å². The molecule has 13 aromatic carbocycles. The van der Waals surface area contributed by atoms with Gasteiger partial charge in [-0.05, 0) is 97.1 Å². The first-order valence-electron chi connectivity index (χ1n) is 29.0. The fraction of sp³-hybridized carbons (Fsp3) is 0. The Labute approximate surface area is 481 Å². The molecular formula is C78H48N6. The summed E-state index contributed by atoms with van der Waals surface area (Å²) in [6, 6.07) is 108. The lowest BCUT2D eigenvalue weighted by Crippen LogP contribution is -2.15. The predicted molar refractivity (Wildman–Crippen MR) is 354 cm³/mol. The van der Waals surface area contributed by atoms with E-state index < -0.39 is 0 Å². The van der Waals surface area contributed by atoms with Gasteiger partial charge in [-0.15, -0.1) is 0 Å². The average molecular weight is 1070 g/mol. The molecule has 390 valence electrons. The molecule has 19 rings (SSSR count). The highest BCUT2D eigenvalue weighted by molar-refractivity contribution is 6.41. The zero-order valence-corrected chi connectivity index (χ0v) is 45.4. The fourth-order valence-electron chi connectivity index (χ4n) is 15.0. The summed E-state index contributed by atoms with van der Waals surface area (Å²) in [7, 11) is 0. The van der Waals surface area contributed by atoms with Crippen LogP contribution < -0.4 is 9.80 Å². The van der Waals surface area contributed by atoms with E-state index in [4.69, 9.17) is 0 Å². The number of anilines is 6. The maximum atomic E-state index is 2.65. The van der Waals surface area contributed by atoms with Gasteiger partial charge in [0.2, 0.25) is 0 Å². The van der Waals surface area contributed by atoms with Crippen molar-refractivity contribution in [3.05, 3.63) is 291 Å². The second-order valence-electron chi connectivity index (χ2n) is 22.3. The van der Waals surface area contributed by atoms with E-state index in [1.165, 1.54) is 97.7 Å². The minimum Gasteiger partial charge on any atom is -0.309 e. The van der Waals surface area contributed by atoms with E-state index in [1.807, 2.05) is 0 Å². The number of fused-ring (bicyclic) bond motifs is 20. The number of hydrogen-bond donors (Lipinski definition) is 0. The molecular weight excluding hydrogens is 1020 g/mol. The minimum absolute atomic E-state index is 1.07. The van der Waals surface area contributed by atoms with Crippen molar-refractivity contribution in [2.45, 2.75) is 0 Å². The smallest absolute Gasteiger partial charge is 0.0812 e. The van der Waals surface area contributed by atoms with Crippen LogP contribution in [0.4, 0.5) is 34.1 Å². The minimum atomic E-state index is 1.07. The highest BCUT2D eigenvalue weighted by atomic mass is 15.2. The van der Waals surface area contributed by atoms with E-state index in [2.05, 4.69) is 319 Å². The third kappa shape index (κ3) is 5.92. The largest absolute Gasteiger partial charge is 0.309 e. The van der Waals surface area contributed by atoms with Crippen molar-refractivity contribution in [3.63, 3.8) is 0 Å². The van der Waals surface area contributed by atoms with E-state index in [0.717, 1.165) is 67.6 Å². The molecule has 6 heterocycles. The maximum Gasteiger partial charge on any atom is 0.0812 e. The summed E-state index contributed by atoms with van der Waals surface area (Å²) < 4.78 is 10.3. The van der Waals surface area contributed by atoms with E-state index in [0.29, 0.717) is 0 Å². The number of benzene rings is 13. The Balaban J connectivity index is 1.11. The highest BCUT2D eigenvalue weighted by Gasteiger charge is 2.36. The van der Waals surface area contributed by atoms with Crippen LogP contribution in [0.3, 0.4) is 0 Å². The maximum absolute atomic E-state index is 2.65. The topological polar surface area (TPSA) is 25.2 Å². The molecule has 0 fully saturated rings. The first kappa shape index (κ1) is 45.4. The molecule has 19 aromatic rings. The lowest BCUT2D eigenvalue weighted by Gasteiger charge is -2.31. The molecule has 6 nitrogen and oxygen atoms in total. The second kappa shape index (κ2) is 17.1. The first-order valence-corrected chi connectivity index (χ1v) is 29.0. The van der Waals surface area contributed by atoms with E-state index in [1.54, 1.807) is 0 Å². The normalized spacial score (nSPS) is 12.3. The average Bonchev–Trinajstić information content (AvgIpc) is 1.53. The van der Waals surface area contributed by atoms with Crippen LogP contribution in [0.1, 0.15) is 0 Å². The fourth-order valence-corrected chi connectivity index (χ4v) is 15.0. The van der Waals surface area contributed by atoms with Gasteiger partial charge in [0, 0.05) is 98.8 Å². The third-order valence-corrected chi connectivity index (χ3v) is 18.1. The lowest BCUT2D eigenvalue weighted by molar-refractivity contribution is 1.19. The Hall–Kier alpha value is -11.3. The molecule has 0 radical (unpaired) electrons. The van der Waals surface area contributed by atoms with Crippen molar-refractivity contribution >= 4 is 154 Å². The summed E-state index contributed by atoms with van der Waals surface area (Å²) in [5.41, 5.74) is 20.5.